The molecule has 1 heterocycles. The topological polar surface area (TPSA) is 29.3 Å². The van der Waals surface area contributed by atoms with Crippen LogP contribution in [0, 0.1) is 0 Å². The molecular weight excluding hydrogens is 167 g/mol. The smallest absolute Gasteiger partial charge is 0.107 e. The van der Waals surface area contributed by atoms with E-state index in [2.05, 4.69) is 4.90 Å². The summed E-state index contributed by atoms with van der Waals surface area (Å²) < 4.78 is 12.2. The van der Waals surface area contributed by atoms with Crippen LogP contribution < -0.4 is 10.6 Å². The van der Waals surface area contributed by atoms with Gasteiger partial charge in [-0.1, -0.05) is 0 Å². The highest BCUT2D eigenvalue weighted by molar-refractivity contribution is 5.62. The minimum Gasteiger partial charge on any atom is -0.399 e. The van der Waals surface area contributed by atoms with Crippen molar-refractivity contribution in [1.82, 2.24) is 0 Å². The van der Waals surface area contributed by atoms with Gasteiger partial charge in [0.2, 0.25) is 0 Å². The van der Waals surface area contributed by atoms with Crippen LogP contribution in [0.2, 0.25) is 0 Å². The number of hydrogen-bond donors (Lipinski definition) is 1. The van der Waals surface area contributed by atoms with Gasteiger partial charge in [0.15, 0.2) is 0 Å². The number of halogens is 1. The van der Waals surface area contributed by atoms with E-state index < -0.39 is 0 Å². The molecule has 2 nitrogen and oxygen atoms in total. The molecule has 2 rings (SSSR count). The maximum absolute atomic E-state index is 12.2. The minimum atomic E-state index is -0.288. The zero-order chi connectivity index (χ0) is 9.26. The number of alkyl halides is 1. The summed E-state index contributed by atoms with van der Waals surface area (Å²) in [5, 5.41) is 0. The van der Waals surface area contributed by atoms with Crippen LogP contribution in [0.5, 0.6) is 0 Å². The van der Waals surface area contributed by atoms with Crippen LogP contribution in [0.15, 0.2) is 18.2 Å². The molecule has 0 saturated carbocycles. The van der Waals surface area contributed by atoms with Gasteiger partial charge >= 0.3 is 0 Å². The van der Waals surface area contributed by atoms with Crippen LogP contribution in [0.4, 0.5) is 15.8 Å². The van der Waals surface area contributed by atoms with E-state index in [4.69, 9.17) is 5.73 Å². The highest BCUT2D eigenvalue weighted by Gasteiger charge is 2.17. The van der Waals surface area contributed by atoms with E-state index in [9.17, 15) is 4.39 Å². The zero-order valence-corrected chi connectivity index (χ0v) is 7.46. The molecule has 1 aliphatic rings. The van der Waals surface area contributed by atoms with E-state index >= 15 is 0 Å². The molecule has 0 aromatic heterocycles. The predicted molar refractivity (Wildman–Crippen MR) is 52.7 cm³/mol. The Balaban J connectivity index is 2.27. The number of benzene rings is 1. The largest absolute Gasteiger partial charge is 0.399 e. The molecule has 0 bridgehead atoms. The van der Waals surface area contributed by atoms with E-state index in [0.29, 0.717) is 6.54 Å². The monoisotopic (exact) mass is 180 g/mol. The third-order valence-electron chi connectivity index (χ3n) is 2.45. The lowest BCUT2D eigenvalue weighted by molar-refractivity contribution is 0.493. The summed E-state index contributed by atoms with van der Waals surface area (Å²) in [4.78, 5) is 2.06. The van der Waals surface area contributed by atoms with Crippen molar-refractivity contribution < 1.29 is 4.39 Å². The van der Waals surface area contributed by atoms with Gasteiger partial charge in [-0.15, -0.1) is 0 Å². The Kier molecular flexibility index (Phi) is 2.08. The molecule has 3 heteroatoms. The SMILES string of the molecule is Nc1ccc2c(c1)CCN2CCF. The van der Waals surface area contributed by atoms with Crippen molar-refractivity contribution in [2.45, 2.75) is 6.42 Å². The van der Waals surface area contributed by atoms with Crippen molar-refractivity contribution >= 4 is 11.4 Å². The van der Waals surface area contributed by atoms with Gasteiger partial charge in [-0.3, -0.25) is 0 Å². The molecule has 0 spiro atoms. The van der Waals surface area contributed by atoms with E-state index in [1.54, 1.807) is 0 Å². The first kappa shape index (κ1) is 8.35. The van der Waals surface area contributed by atoms with E-state index in [0.717, 1.165) is 24.3 Å². The van der Waals surface area contributed by atoms with Gasteiger partial charge in [-0.2, -0.15) is 0 Å². The number of anilines is 2. The number of rotatable bonds is 2. The van der Waals surface area contributed by atoms with Crippen LogP contribution in [0.25, 0.3) is 0 Å². The van der Waals surface area contributed by atoms with Gasteiger partial charge in [-0.05, 0) is 30.2 Å². The molecular formula is C10H13FN2. The first-order valence-corrected chi connectivity index (χ1v) is 4.50. The Morgan fingerprint density at radius 2 is 2.31 bits per heavy atom. The number of nitrogens with two attached hydrogens (primary N) is 1. The van der Waals surface area contributed by atoms with Crippen molar-refractivity contribution in [3.63, 3.8) is 0 Å². The Morgan fingerprint density at radius 1 is 1.46 bits per heavy atom. The lowest BCUT2D eigenvalue weighted by atomic mass is 10.1. The fourth-order valence-corrected chi connectivity index (χ4v) is 1.82. The number of fused-ring (bicyclic) bond motifs is 1. The average molecular weight is 180 g/mol. The number of hydrogen-bond acceptors (Lipinski definition) is 2. The molecule has 0 fully saturated rings. The van der Waals surface area contributed by atoms with E-state index in [1.165, 1.54) is 5.56 Å². The summed E-state index contributed by atoms with van der Waals surface area (Å²) in [7, 11) is 0. The summed E-state index contributed by atoms with van der Waals surface area (Å²) in [5.41, 5.74) is 8.84. The second-order valence-electron chi connectivity index (χ2n) is 3.31. The highest BCUT2D eigenvalue weighted by Crippen LogP contribution is 2.29. The zero-order valence-electron chi connectivity index (χ0n) is 7.46. The number of nitrogens with zero attached hydrogens (tertiary/aromatic N) is 1. The summed E-state index contributed by atoms with van der Waals surface area (Å²) in [6.45, 7) is 1.13. The highest BCUT2D eigenvalue weighted by atomic mass is 19.1. The molecule has 1 aliphatic heterocycles. The van der Waals surface area contributed by atoms with Gasteiger partial charge in [0.05, 0.1) is 0 Å². The van der Waals surface area contributed by atoms with Crippen LogP contribution in [0.1, 0.15) is 5.56 Å². The Morgan fingerprint density at radius 3 is 3.08 bits per heavy atom. The van der Waals surface area contributed by atoms with Gasteiger partial charge in [-0.25, -0.2) is 4.39 Å². The molecule has 1 aromatic rings. The van der Waals surface area contributed by atoms with Crippen molar-refractivity contribution in [3.8, 4) is 0 Å². The summed E-state index contributed by atoms with van der Waals surface area (Å²) in [6, 6.07) is 5.83. The third-order valence-corrected chi connectivity index (χ3v) is 2.45. The second kappa shape index (κ2) is 3.24. The maximum Gasteiger partial charge on any atom is 0.107 e. The summed E-state index contributed by atoms with van der Waals surface area (Å²) >= 11 is 0. The predicted octanol–water partition coefficient (Wildman–Crippen LogP) is 1.60. The van der Waals surface area contributed by atoms with Crippen LogP contribution in [0.3, 0.4) is 0 Å². The second-order valence-corrected chi connectivity index (χ2v) is 3.31. The summed E-state index contributed by atoms with van der Waals surface area (Å²) in [6.07, 6.45) is 0.986. The van der Waals surface area contributed by atoms with Crippen LogP contribution in [-0.2, 0) is 6.42 Å². The normalized spacial score (nSPS) is 14.7. The Bertz CT molecular complexity index is 312. The molecule has 1 aromatic carbocycles. The number of nitrogen functional groups attached to an aromatic ring is 1. The average Bonchev–Trinajstić information content (AvgIpc) is 2.49. The van der Waals surface area contributed by atoms with Crippen molar-refractivity contribution in [2.24, 2.45) is 0 Å². The molecule has 70 valence electrons. The quantitative estimate of drug-likeness (QED) is 0.700. The molecule has 0 saturated heterocycles. The standard InChI is InChI=1S/C10H13FN2/c11-4-6-13-5-3-8-7-9(12)1-2-10(8)13/h1-2,7H,3-6,12H2. The molecule has 0 aliphatic carbocycles. The Hall–Kier alpha value is -1.25. The molecule has 13 heavy (non-hydrogen) atoms. The van der Waals surface area contributed by atoms with E-state index in [-0.39, 0.29) is 6.67 Å². The molecule has 0 unspecified atom stereocenters. The van der Waals surface area contributed by atoms with Gasteiger partial charge < -0.3 is 10.6 Å². The fourth-order valence-electron chi connectivity index (χ4n) is 1.82. The summed E-state index contributed by atoms with van der Waals surface area (Å²) in [5.74, 6) is 0. The van der Waals surface area contributed by atoms with Crippen molar-refractivity contribution in [1.29, 1.82) is 0 Å². The Labute approximate surface area is 77.2 Å². The molecule has 0 radical (unpaired) electrons. The van der Waals surface area contributed by atoms with Crippen LogP contribution in [-0.4, -0.2) is 19.8 Å². The third kappa shape index (κ3) is 1.46. The molecule has 0 amide bonds. The molecule has 0 atom stereocenters. The van der Waals surface area contributed by atoms with Gasteiger partial charge in [0.1, 0.15) is 6.67 Å². The first-order valence-electron chi connectivity index (χ1n) is 4.50. The van der Waals surface area contributed by atoms with E-state index in [1.807, 2.05) is 18.2 Å². The molecule has 2 N–H and O–H groups in total. The minimum absolute atomic E-state index is 0.288. The van der Waals surface area contributed by atoms with Crippen molar-refractivity contribution in [2.75, 3.05) is 30.4 Å². The fraction of sp³-hybridized carbons (Fsp3) is 0.400. The lowest BCUT2D eigenvalue weighted by Gasteiger charge is -2.16. The van der Waals surface area contributed by atoms with Gasteiger partial charge in [0, 0.05) is 24.5 Å². The van der Waals surface area contributed by atoms with Crippen LogP contribution >= 0.6 is 0 Å². The maximum atomic E-state index is 12.2. The van der Waals surface area contributed by atoms with Gasteiger partial charge in [0.25, 0.3) is 0 Å². The lowest BCUT2D eigenvalue weighted by Crippen LogP contribution is -2.22. The first-order chi connectivity index (χ1) is 6.31. The van der Waals surface area contributed by atoms with Crippen molar-refractivity contribution in [3.05, 3.63) is 23.8 Å².